The monoisotopic (exact) mass is 348 g/mol. The Balaban J connectivity index is 1.88. The van der Waals surface area contributed by atoms with Gasteiger partial charge in [-0.15, -0.1) is 0 Å². The Bertz CT molecular complexity index is 888. The molecule has 26 heavy (non-hydrogen) atoms. The Kier molecular flexibility index (Phi) is 5.54. The average molecular weight is 348 g/mol. The van der Waals surface area contributed by atoms with Crippen molar-refractivity contribution in [3.8, 4) is 28.4 Å². The van der Waals surface area contributed by atoms with Crippen LogP contribution < -0.4 is 14.2 Å². The molecule has 4 heteroatoms. The summed E-state index contributed by atoms with van der Waals surface area (Å²) < 4.78 is 16.5. The molecule has 0 heterocycles. The standard InChI is InChI=1S/C22H20O4/c1-24-18-8-11-21(22(13-18)25-2)20-10-9-19(12-17(20)14-23)26-15-16-6-4-3-5-7-16/h3-14H,15H2,1-2H3. The highest BCUT2D eigenvalue weighted by molar-refractivity contribution is 5.90. The topological polar surface area (TPSA) is 44.8 Å². The molecule has 0 unspecified atom stereocenters. The van der Waals surface area contributed by atoms with Gasteiger partial charge in [0.25, 0.3) is 0 Å². The Labute approximate surface area is 153 Å². The van der Waals surface area contributed by atoms with Crippen molar-refractivity contribution in [2.75, 3.05) is 14.2 Å². The lowest BCUT2D eigenvalue weighted by Crippen LogP contribution is -1.97. The van der Waals surface area contributed by atoms with E-state index in [1.807, 2.05) is 54.6 Å². The molecule has 0 atom stereocenters. The first-order chi connectivity index (χ1) is 12.7. The fourth-order valence-electron chi connectivity index (χ4n) is 2.74. The number of rotatable bonds is 7. The summed E-state index contributed by atoms with van der Waals surface area (Å²) >= 11 is 0. The fraction of sp³-hybridized carbons (Fsp3) is 0.136. The minimum absolute atomic E-state index is 0.449. The number of benzene rings is 3. The van der Waals surface area contributed by atoms with Crippen LogP contribution in [0, 0.1) is 0 Å². The molecule has 0 spiro atoms. The molecule has 3 aromatic rings. The maximum Gasteiger partial charge on any atom is 0.150 e. The van der Waals surface area contributed by atoms with Gasteiger partial charge >= 0.3 is 0 Å². The summed E-state index contributed by atoms with van der Waals surface area (Å²) in [5.41, 5.74) is 3.22. The van der Waals surface area contributed by atoms with Crippen LogP contribution in [-0.2, 0) is 6.61 Å². The highest BCUT2D eigenvalue weighted by atomic mass is 16.5. The van der Waals surface area contributed by atoms with Crippen molar-refractivity contribution in [1.82, 2.24) is 0 Å². The van der Waals surface area contributed by atoms with E-state index in [1.54, 1.807) is 26.4 Å². The van der Waals surface area contributed by atoms with Gasteiger partial charge in [-0.05, 0) is 41.5 Å². The molecule has 0 saturated carbocycles. The second-order valence-electron chi connectivity index (χ2n) is 5.71. The zero-order valence-electron chi connectivity index (χ0n) is 14.8. The third kappa shape index (κ3) is 3.86. The van der Waals surface area contributed by atoms with Gasteiger partial charge in [-0.25, -0.2) is 0 Å². The van der Waals surface area contributed by atoms with E-state index in [9.17, 15) is 4.79 Å². The van der Waals surface area contributed by atoms with Crippen LogP contribution in [-0.4, -0.2) is 20.5 Å². The maximum absolute atomic E-state index is 11.6. The molecule has 0 aliphatic carbocycles. The number of hydrogen-bond donors (Lipinski definition) is 0. The first-order valence-electron chi connectivity index (χ1n) is 8.23. The van der Waals surface area contributed by atoms with E-state index in [-0.39, 0.29) is 0 Å². The van der Waals surface area contributed by atoms with Gasteiger partial charge in [0, 0.05) is 17.2 Å². The minimum atomic E-state index is 0.449. The van der Waals surface area contributed by atoms with Crippen LogP contribution in [0.4, 0.5) is 0 Å². The molecule has 0 aromatic heterocycles. The first kappa shape index (κ1) is 17.5. The summed E-state index contributed by atoms with van der Waals surface area (Å²) in [7, 11) is 3.19. The van der Waals surface area contributed by atoms with Gasteiger partial charge in [0.2, 0.25) is 0 Å². The number of carbonyl (C=O) groups is 1. The molecule has 0 amide bonds. The Hall–Kier alpha value is -3.27. The number of ether oxygens (including phenoxy) is 3. The Morgan fingerprint density at radius 2 is 1.54 bits per heavy atom. The van der Waals surface area contributed by atoms with Crippen molar-refractivity contribution < 1.29 is 19.0 Å². The van der Waals surface area contributed by atoms with Gasteiger partial charge < -0.3 is 14.2 Å². The highest BCUT2D eigenvalue weighted by Crippen LogP contribution is 2.36. The van der Waals surface area contributed by atoms with E-state index in [1.165, 1.54) is 0 Å². The molecule has 0 fully saturated rings. The summed E-state index contributed by atoms with van der Waals surface area (Å²) in [4.78, 5) is 11.6. The van der Waals surface area contributed by atoms with Gasteiger partial charge in [0.15, 0.2) is 6.29 Å². The molecule has 0 N–H and O–H groups in total. The molecule has 0 saturated heterocycles. The van der Waals surface area contributed by atoms with Gasteiger partial charge in [-0.2, -0.15) is 0 Å². The lowest BCUT2D eigenvalue weighted by Gasteiger charge is -2.13. The van der Waals surface area contributed by atoms with E-state index >= 15 is 0 Å². The molecule has 3 aromatic carbocycles. The summed E-state index contributed by atoms with van der Waals surface area (Å²) in [6.07, 6.45) is 0.828. The van der Waals surface area contributed by atoms with Crippen LogP contribution >= 0.6 is 0 Å². The van der Waals surface area contributed by atoms with Crippen LogP contribution in [0.2, 0.25) is 0 Å². The Morgan fingerprint density at radius 3 is 2.23 bits per heavy atom. The van der Waals surface area contributed by atoms with Gasteiger partial charge in [-0.3, -0.25) is 4.79 Å². The lowest BCUT2D eigenvalue weighted by molar-refractivity contribution is 0.112. The SMILES string of the molecule is COc1ccc(-c2ccc(OCc3ccccc3)cc2C=O)c(OC)c1. The van der Waals surface area contributed by atoms with Crippen LogP contribution in [0.5, 0.6) is 17.2 Å². The second kappa shape index (κ2) is 8.21. The summed E-state index contributed by atoms with van der Waals surface area (Å²) in [5.74, 6) is 1.98. The number of carbonyl (C=O) groups excluding carboxylic acids is 1. The summed E-state index contributed by atoms with van der Waals surface area (Å²) in [6.45, 7) is 0.449. The molecular formula is C22H20O4. The van der Waals surface area contributed by atoms with Crippen molar-refractivity contribution in [1.29, 1.82) is 0 Å². The van der Waals surface area contributed by atoms with Crippen molar-refractivity contribution in [2.45, 2.75) is 6.61 Å². The maximum atomic E-state index is 11.6. The van der Waals surface area contributed by atoms with Crippen LogP contribution in [0.1, 0.15) is 15.9 Å². The van der Waals surface area contributed by atoms with Crippen LogP contribution in [0.3, 0.4) is 0 Å². The molecule has 0 aliphatic heterocycles. The Morgan fingerprint density at radius 1 is 0.808 bits per heavy atom. The summed E-state index contributed by atoms with van der Waals surface area (Å²) in [6, 6.07) is 20.9. The van der Waals surface area contributed by atoms with E-state index in [2.05, 4.69) is 0 Å². The third-order valence-electron chi connectivity index (χ3n) is 4.10. The van der Waals surface area contributed by atoms with Crippen LogP contribution in [0.15, 0.2) is 66.7 Å². The molecule has 0 radical (unpaired) electrons. The fourth-order valence-corrected chi connectivity index (χ4v) is 2.74. The lowest BCUT2D eigenvalue weighted by atomic mass is 9.99. The van der Waals surface area contributed by atoms with Crippen LogP contribution in [0.25, 0.3) is 11.1 Å². The number of methoxy groups -OCH3 is 2. The smallest absolute Gasteiger partial charge is 0.150 e. The predicted molar refractivity (Wildman–Crippen MR) is 101 cm³/mol. The minimum Gasteiger partial charge on any atom is -0.497 e. The molecule has 132 valence electrons. The van der Waals surface area contributed by atoms with E-state index in [0.717, 1.165) is 23.0 Å². The van der Waals surface area contributed by atoms with Gasteiger partial charge in [0.05, 0.1) is 14.2 Å². The number of hydrogen-bond acceptors (Lipinski definition) is 4. The average Bonchev–Trinajstić information content (AvgIpc) is 2.72. The quantitative estimate of drug-likeness (QED) is 0.577. The molecule has 4 nitrogen and oxygen atoms in total. The van der Waals surface area contributed by atoms with Gasteiger partial charge in [0.1, 0.15) is 23.9 Å². The van der Waals surface area contributed by atoms with Crippen molar-refractivity contribution in [3.63, 3.8) is 0 Å². The van der Waals surface area contributed by atoms with E-state index in [4.69, 9.17) is 14.2 Å². The van der Waals surface area contributed by atoms with E-state index in [0.29, 0.717) is 29.4 Å². The van der Waals surface area contributed by atoms with Crippen molar-refractivity contribution in [3.05, 3.63) is 77.9 Å². The predicted octanol–water partition coefficient (Wildman–Crippen LogP) is 4.76. The second-order valence-corrected chi connectivity index (χ2v) is 5.71. The molecular weight excluding hydrogens is 328 g/mol. The van der Waals surface area contributed by atoms with Crippen molar-refractivity contribution in [2.24, 2.45) is 0 Å². The molecule has 0 bridgehead atoms. The zero-order valence-corrected chi connectivity index (χ0v) is 14.8. The molecule has 0 aliphatic rings. The van der Waals surface area contributed by atoms with E-state index < -0.39 is 0 Å². The molecule has 3 rings (SSSR count). The number of aldehydes is 1. The largest absolute Gasteiger partial charge is 0.497 e. The highest BCUT2D eigenvalue weighted by Gasteiger charge is 2.12. The first-order valence-corrected chi connectivity index (χ1v) is 8.23. The third-order valence-corrected chi connectivity index (χ3v) is 4.10. The van der Waals surface area contributed by atoms with Crippen molar-refractivity contribution >= 4 is 6.29 Å². The normalized spacial score (nSPS) is 10.2. The summed E-state index contributed by atoms with van der Waals surface area (Å²) in [5, 5.41) is 0. The van der Waals surface area contributed by atoms with Gasteiger partial charge in [-0.1, -0.05) is 30.3 Å². The zero-order chi connectivity index (χ0) is 18.4.